The number of aromatic amines is 1. The summed E-state index contributed by atoms with van der Waals surface area (Å²) in [6.45, 7) is 0. The van der Waals surface area contributed by atoms with Gasteiger partial charge >= 0.3 is 13.5 Å². The molecule has 2 heterocycles. The van der Waals surface area contributed by atoms with E-state index in [9.17, 15) is 23.7 Å². The number of H-pyrrole nitrogens is 1. The number of phosphoric ester groups is 1. The third-order valence-corrected chi connectivity index (χ3v) is 4.49. The van der Waals surface area contributed by atoms with E-state index in [1.807, 2.05) is 0 Å². The molecule has 1 aliphatic heterocycles. The van der Waals surface area contributed by atoms with Crippen LogP contribution in [0.5, 0.6) is 0 Å². The van der Waals surface area contributed by atoms with Gasteiger partial charge in [0.25, 0.3) is 5.56 Å². The summed E-state index contributed by atoms with van der Waals surface area (Å²) in [6.07, 6.45) is -2.28. The molecule has 1 saturated heterocycles. The van der Waals surface area contributed by atoms with Crippen molar-refractivity contribution in [1.82, 2.24) is 9.55 Å². The van der Waals surface area contributed by atoms with Gasteiger partial charge in [-0.1, -0.05) is 0 Å². The lowest BCUT2D eigenvalue weighted by atomic mass is 10.1. The minimum atomic E-state index is -4.79. The van der Waals surface area contributed by atoms with Gasteiger partial charge < -0.3 is 19.6 Å². The molecule has 10 nitrogen and oxygen atoms in total. The number of rotatable bonds is 4. The number of aliphatic hydroxyl groups excluding tert-OH is 1. The van der Waals surface area contributed by atoms with E-state index in [0.29, 0.717) is 6.20 Å². The number of hydrogen-bond donors (Lipinski definition) is 4. The van der Waals surface area contributed by atoms with Gasteiger partial charge in [-0.2, -0.15) is 4.39 Å². The first-order chi connectivity index (χ1) is 10.6. The van der Waals surface area contributed by atoms with Crippen LogP contribution in [0.3, 0.4) is 0 Å². The van der Waals surface area contributed by atoms with Crippen LogP contribution in [0.25, 0.3) is 0 Å². The molecule has 0 radical (unpaired) electrons. The van der Waals surface area contributed by atoms with Gasteiger partial charge in [-0.3, -0.25) is 18.9 Å². The highest BCUT2D eigenvalue weighted by Gasteiger charge is 2.60. The van der Waals surface area contributed by atoms with Crippen LogP contribution < -0.4 is 11.2 Å². The molecule has 0 amide bonds. The first-order valence-corrected chi connectivity index (χ1v) is 8.25. The van der Waals surface area contributed by atoms with Crippen molar-refractivity contribution in [1.29, 1.82) is 0 Å². The van der Waals surface area contributed by atoms with Gasteiger partial charge in [-0.05, 0) is 12.8 Å². The second-order valence-corrected chi connectivity index (χ2v) is 6.77. The first kappa shape index (κ1) is 16.5. The molecule has 128 valence electrons. The summed E-state index contributed by atoms with van der Waals surface area (Å²) in [5.74, 6) is -1.20. The van der Waals surface area contributed by atoms with Crippen molar-refractivity contribution in [3.05, 3.63) is 32.9 Å². The van der Waals surface area contributed by atoms with E-state index in [4.69, 9.17) is 19.0 Å². The van der Waals surface area contributed by atoms with Gasteiger partial charge in [0, 0.05) is 6.42 Å². The third kappa shape index (κ3) is 3.16. The number of aromatic nitrogens is 2. The molecule has 3 rings (SSSR count). The number of ether oxygens (including phenoxy) is 1. The summed E-state index contributed by atoms with van der Waals surface area (Å²) in [6, 6.07) is 0. The quantitative estimate of drug-likeness (QED) is 0.502. The van der Waals surface area contributed by atoms with Crippen molar-refractivity contribution in [2.24, 2.45) is 0 Å². The third-order valence-electron chi connectivity index (χ3n) is 3.89. The molecule has 23 heavy (non-hydrogen) atoms. The molecular formula is C11H14FN2O8P. The second-order valence-electron chi connectivity index (χ2n) is 5.60. The number of aliphatic hydroxyl groups is 1. The zero-order valence-electron chi connectivity index (χ0n) is 11.6. The van der Waals surface area contributed by atoms with Crippen LogP contribution in [0, 0.1) is 5.82 Å². The fraction of sp³-hybridized carbons (Fsp3) is 0.636. The van der Waals surface area contributed by atoms with Crippen LogP contribution in [-0.2, 0) is 13.8 Å². The smallest absolute Gasteiger partial charge is 0.390 e. The van der Waals surface area contributed by atoms with Crippen molar-refractivity contribution in [3.63, 3.8) is 0 Å². The average molecular weight is 352 g/mol. The summed E-state index contributed by atoms with van der Waals surface area (Å²) in [7, 11) is -4.79. The Hall–Kier alpha value is -1.36. The zero-order chi connectivity index (χ0) is 17.0. The van der Waals surface area contributed by atoms with Gasteiger partial charge in [0.05, 0.1) is 12.3 Å². The van der Waals surface area contributed by atoms with E-state index in [-0.39, 0.29) is 19.3 Å². The summed E-state index contributed by atoms with van der Waals surface area (Å²) < 4.78 is 35.3. The predicted molar refractivity (Wildman–Crippen MR) is 70.9 cm³/mol. The lowest BCUT2D eigenvalue weighted by Gasteiger charge is -2.25. The Labute approximate surface area is 127 Å². The summed E-state index contributed by atoms with van der Waals surface area (Å²) >= 11 is 0. The first-order valence-electron chi connectivity index (χ1n) is 6.72. The molecule has 1 aromatic heterocycles. The maximum atomic E-state index is 13.3. The summed E-state index contributed by atoms with van der Waals surface area (Å²) in [5, 5.41) is 10.1. The van der Waals surface area contributed by atoms with E-state index in [0.717, 1.165) is 4.57 Å². The minimum Gasteiger partial charge on any atom is -0.390 e. The number of nitrogens with one attached hydrogen (secondary N) is 1. The van der Waals surface area contributed by atoms with Gasteiger partial charge in [-0.25, -0.2) is 9.36 Å². The zero-order valence-corrected chi connectivity index (χ0v) is 12.5. The molecule has 12 heteroatoms. The maximum Gasteiger partial charge on any atom is 0.470 e. The van der Waals surface area contributed by atoms with Crippen molar-refractivity contribution in [2.75, 3.05) is 0 Å². The Morgan fingerprint density at radius 3 is 2.65 bits per heavy atom. The topological polar surface area (TPSA) is 151 Å². The van der Waals surface area contributed by atoms with Crippen molar-refractivity contribution in [2.45, 2.75) is 43.3 Å². The Morgan fingerprint density at radius 1 is 1.43 bits per heavy atom. The molecule has 4 N–H and O–H groups in total. The normalized spacial score (nSPS) is 29.7. The number of nitrogens with zero attached hydrogens (tertiary/aromatic N) is 1. The van der Waals surface area contributed by atoms with Crippen LogP contribution in [0.4, 0.5) is 4.39 Å². The van der Waals surface area contributed by atoms with Crippen LogP contribution in [0.15, 0.2) is 15.8 Å². The molecular weight excluding hydrogens is 338 g/mol. The van der Waals surface area contributed by atoms with Crippen molar-refractivity contribution in [3.8, 4) is 0 Å². The molecule has 0 spiro atoms. The Morgan fingerprint density at radius 2 is 2.09 bits per heavy atom. The molecule has 3 atom stereocenters. The number of phosphoric acid groups is 1. The Kier molecular flexibility index (Phi) is 3.82. The molecule has 0 bridgehead atoms. The van der Waals surface area contributed by atoms with Crippen LogP contribution in [0.2, 0.25) is 0 Å². The van der Waals surface area contributed by atoms with Crippen molar-refractivity contribution < 1.29 is 33.1 Å². The van der Waals surface area contributed by atoms with E-state index < -0.39 is 48.9 Å². The predicted octanol–water partition coefficient (Wildman–Crippen LogP) is -1.03. The van der Waals surface area contributed by atoms with E-state index in [2.05, 4.69) is 0 Å². The highest BCUT2D eigenvalue weighted by atomic mass is 31.2. The van der Waals surface area contributed by atoms with Crippen LogP contribution >= 0.6 is 7.82 Å². The molecule has 1 unspecified atom stereocenters. The maximum absolute atomic E-state index is 13.3. The van der Waals surface area contributed by atoms with Gasteiger partial charge in [0.2, 0.25) is 5.82 Å². The van der Waals surface area contributed by atoms with Crippen molar-refractivity contribution >= 4 is 7.82 Å². The molecule has 1 aromatic rings. The standard InChI is InChI=1S/C11H14FN2O8P/c12-5-4-14(10(17)13-9(5)16)7-3-6(15)8(21-7)11(1-2-11)22-23(18,19)20/h4,6-8,15H,1-3H2,(H,13,16,17)(H2,18,19,20)/t6?,7-,8+/m1/s1. The molecule has 2 fully saturated rings. The fourth-order valence-electron chi connectivity index (χ4n) is 2.76. The van der Waals surface area contributed by atoms with Gasteiger partial charge in [-0.15, -0.1) is 0 Å². The highest BCUT2D eigenvalue weighted by molar-refractivity contribution is 7.46. The average Bonchev–Trinajstić information content (AvgIpc) is 3.05. The van der Waals surface area contributed by atoms with E-state index >= 15 is 0 Å². The second kappa shape index (κ2) is 5.33. The highest BCUT2D eigenvalue weighted by Crippen LogP contribution is 2.57. The van der Waals surface area contributed by atoms with E-state index in [1.165, 1.54) is 0 Å². The Bertz CT molecular complexity index is 781. The Balaban J connectivity index is 1.85. The van der Waals surface area contributed by atoms with Gasteiger partial charge in [0.1, 0.15) is 17.9 Å². The molecule has 1 aliphatic carbocycles. The number of hydrogen-bond acceptors (Lipinski definition) is 6. The molecule has 1 saturated carbocycles. The lowest BCUT2D eigenvalue weighted by molar-refractivity contribution is -0.0921. The van der Waals surface area contributed by atoms with Gasteiger partial charge in [0.15, 0.2) is 0 Å². The van der Waals surface area contributed by atoms with Crippen LogP contribution in [-0.4, -0.2) is 42.3 Å². The van der Waals surface area contributed by atoms with Crippen LogP contribution in [0.1, 0.15) is 25.5 Å². The molecule has 0 aromatic carbocycles. The molecule has 2 aliphatic rings. The monoisotopic (exact) mass is 352 g/mol. The fourth-order valence-corrected chi connectivity index (χ4v) is 3.52. The summed E-state index contributed by atoms with van der Waals surface area (Å²) in [4.78, 5) is 42.4. The summed E-state index contributed by atoms with van der Waals surface area (Å²) in [5.41, 5.74) is -3.43. The number of halogens is 1. The SMILES string of the molecule is O=c1[nH]c(=O)n([C@H]2CC(O)[C@@H](C3(OP(=O)(O)O)CC3)O2)cc1F. The lowest BCUT2D eigenvalue weighted by Crippen LogP contribution is -2.38. The minimum absolute atomic E-state index is 0.123. The van der Waals surface area contributed by atoms with E-state index in [1.54, 1.807) is 4.98 Å². The largest absolute Gasteiger partial charge is 0.470 e.